The van der Waals surface area contributed by atoms with E-state index in [1.165, 1.54) is 5.56 Å². The van der Waals surface area contributed by atoms with Crippen molar-refractivity contribution in [1.82, 2.24) is 4.98 Å². The molecule has 0 spiro atoms. The topological polar surface area (TPSA) is 16.1 Å². The predicted octanol–water partition coefficient (Wildman–Crippen LogP) is 5.05. The summed E-state index contributed by atoms with van der Waals surface area (Å²) in [6.07, 6.45) is 3.67. The third kappa shape index (κ3) is 4.12. The first-order valence-electron chi connectivity index (χ1n) is 6.65. The fourth-order valence-corrected chi connectivity index (χ4v) is 2.67. The largest absolute Gasteiger partial charge is 0.366 e. The van der Waals surface area contributed by atoms with Gasteiger partial charge in [0.1, 0.15) is 0 Å². The zero-order chi connectivity index (χ0) is 14.5. The van der Waals surface area contributed by atoms with E-state index >= 15 is 0 Å². The van der Waals surface area contributed by atoms with E-state index in [1.54, 1.807) is 12.3 Å². The molecule has 20 heavy (non-hydrogen) atoms. The molecular formula is C16H18Cl2N2. The summed E-state index contributed by atoms with van der Waals surface area (Å²) in [4.78, 5) is 6.43. The maximum Gasteiger partial charge on any atom is 0.0654 e. The van der Waals surface area contributed by atoms with Crippen molar-refractivity contribution in [3.63, 3.8) is 0 Å². The van der Waals surface area contributed by atoms with E-state index < -0.39 is 0 Å². The Bertz CT molecular complexity index is 556. The van der Waals surface area contributed by atoms with Crippen LogP contribution in [0.5, 0.6) is 0 Å². The maximum absolute atomic E-state index is 6.33. The van der Waals surface area contributed by atoms with Gasteiger partial charge in [0, 0.05) is 30.5 Å². The average molecular weight is 309 g/mol. The molecule has 2 rings (SSSR count). The molecule has 1 aromatic heterocycles. The highest BCUT2D eigenvalue weighted by atomic mass is 35.5. The highest BCUT2D eigenvalue weighted by Crippen LogP contribution is 2.30. The molecule has 0 unspecified atom stereocenters. The third-order valence-electron chi connectivity index (χ3n) is 2.93. The molecule has 0 fully saturated rings. The second-order valence-electron chi connectivity index (χ2n) is 5.23. The zero-order valence-corrected chi connectivity index (χ0v) is 13.2. The van der Waals surface area contributed by atoms with Crippen LogP contribution in [0.15, 0.2) is 42.7 Å². The van der Waals surface area contributed by atoms with Gasteiger partial charge in [-0.25, -0.2) is 0 Å². The molecule has 106 valence electrons. The number of aromatic nitrogens is 1. The van der Waals surface area contributed by atoms with Crippen LogP contribution in [0.1, 0.15) is 19.4 Å². The van der Waals surface area contributed by atoms with Crippen LogP contribution in [-0.4, -0.2) is 11.5 Å². The SMILES string of the molecule is CC(C)CN(Cc1cccnc1)c1ccc(Cl)cc1Cl. The minimum absolute atomic E-state index is 0.540. The van der Waals surface area contributed by atoms with Crippen molar-refractivity contribution in [2.24, 2.45) is 5.92 Å². The molecular weight excluding hydrogens is 291 g/mol. The molecule has 2 nitrogen and oxygen atoms in total. The van der Waals surface area contributed by atoms with Crippen molar-refractivity contribution >= 4 is 28.9 Å². The van der Waals surface area contributed by atoms with Crippen LogP contribution in [0.3, 0.4) is 0 Å². The molecule has 0 aliphatic heterocycles. The summed E-state index contributed by atoms with van der Waals surface area (Å²) in [5.41, 5.74) is 2.17. The Hall–Kier alpha value is -1.25. The van der Waals surface area contributed by atoms with Crippen molar-refractivity contribution in [3.8, 4) is 0 Å². The molecule has 0 bridgehead atoms. The lowest BCUT2D eigenvalue weighted by Gasteiger charge is -2.27. The van der Waals surface area contributed by atoms with E-state index in [9.17, 15) is 0 Å². The first kappa shape index (κ1) is 15.1. The second-order valence-corrected chi connectivity index (χ2v) is 6.08. The van der Waals surface area contributed by atoms with Crippen LogP contribution in [-0.2, 0) is 6.54 Å². The normalized spacial score (nSPS) is 10.8. The lowest BCUT2D eigenvalue weighted by atomic mass is 10.1. The number of rotatable bonds is 5. The third-order valence-corrected chi connectivity index (χ3v) is 3.47. The van der Waals surface area contributed by atoms with Crippen LogP contribution in [0.2, 0.25) is 10.0 Å². The number of hydrogen-bond donors (Lipinski definition) is 0. The van der Waals surface area contributed by atoms with E-state index in [1.807, 2.05) is 24.4 Å². The first-order chi connectivity index (χ1) is 9.56. The molecule has 0 aliphatic carbocycles. The Morgan fingerprint density at radius 3 is 2.60 bits per heavy atom. The Labute approximate surface area is 130 Å². The summed E-state index contributed by atoms with van der Waals surface area (Å²) in [5.74, 6) is 0.540. The van der Waals surface area contributed by atoms with Crippen molar-refractivity contribution in [1.29, 1.82) is 0 Å². The Morgan fingerprint density at radius 1 is 1.20 bits per heavy atom. The van der Waals surface area contributed by atoms with Crippen molar-refractivity contribution < 1.29 is 0 Å². The smallest absolute Gasteiger partial charge is 0.0654 e. The van der Waals surface area contributed by atoms with Gasteiger partial charge in [0.05, 0.1) is 10.7 Å². The molecule has 0 N–H and O–H groups in total. The van der Waals surface area contributed by atoms with Gasteiger partial charge in [-0.1, -0.05) is 43.1 Å². The summed E-state index contributed by atoms with van der Waals surface area (Å²) < 4.78 is 0. The fraction of sp³-hybridized carbons (Fsp3) is 0.312. The van der Waals surface area contributed by atoms with Gasteiger partial charge in [0.15, 0.2) is 0 Å². The molecule has 0 saturated carbocycles. The Balaban J connectivity index is 2.27. The lowest BCUT2D eigenvalue weighted by Crippen LogP contribution is -2.27. The summed E-state index contributed by atoms with van der Waals surface area (Å²) >= 11 is 12.3. The quantitative estimate of drug-likeness (QED) is 0.768. The van der Waals surface area contributed by atoms with Gasteiger partial charge in [-0.2, -0.15) is 0 Å². The van der Waals surface area contributed by atoms with E-state index in [2.05, 4.69) is 29.8 Å². The summed E-state index contributed by atoms with van der Waals surface area (Å²) in [6.45, 7) is 6.10. The second kappa shape index (κ2) is 6.96. The van der Waals surface area contributed by atoms with Gasteiger partial charge in [-0.3, -0.25) is 4.98 Å². The highest BCUT2D eigenvalue weighted by molar-refractivity contribution is 6.36. The van der Waals surface area contributed by atoms with Gasteiger partial charge in [0.25, 0.3) is 0 Å². The number of anilines is 1. The molecule has 0 aliphatic rings. The zero-order valence-electron chi connectivity index (χ0n) is 11.7. The van der Waals surface area contributed by atoms with E-state index in [0.717, 1.165) is 18.8 Å². The number of pyridine rings is 1. The van der Waals surface area contributed by atoms with Gasteiger partial charge in [-0.05, 0) is 35.7 Å². The maximum atomic E-state index is 6.33. The standard InChI is InChI=1S/C16H18Cl2N2/c1-12(2)10-20(11-13-4-3-7-19-9-13)16-6-5-14(17)8-15(16)18/h3-9,12H,10-11H2,1-2H3. The Kier molecular flexibility index (Phi) is 5.27. The Morgan fingerprint density at radius 2 is 2.00 bits per heavy atom. The summed E-state index contributed by atoms with van der Waals surface area (Å²) in [5, 5.41) is 1.34. The van der Waals surface area contributed by atoms with Crippen LogP contribution in [0, 0.1) is 5.92 Å². The fourth-order valence-electron chi connectivity index (χ4n) is 2.14. The van der Waals surface area contributed by atoms with Crippen LogP contribution < -0.4 is 4.90 Å². The minimum atomic E-state index is 0.540. The molecule has 2 aromatic rings. The molecule has 0 amide bonds. The van der Waals surface area contributed by atoms with Gasteiger partial charge in [-0.15, -0.1) is 0 Å². The molecule has 0 saturated heterocycles. The molecule has 1 aromatic carbocycles. The van der Waals surface area contributed by atoms with E-state index in [4.69, 9.17) is 23.2 Å². The van der Waals surface area contributed by atoms with Crippen LogP contribution in [0.25, 0.3) is 0 Å². The van der Waals surface area contributed by atoms with E-state index in [-0.39, 0.29) is 0 Å². The monoisotopic (exact) mass is 308 g/mol. The van der Waals surface area contributed by atoms with Gasteiger partial charge >= 0.3 is 0 Å². The van der Waals surface area contributed by atoms with Gasteiger partial charge in [0.2, 0.25) is 0 Å². The van der Waals surface area contributed by atoms with Crippen LogP contribution in [0.4, 0.5) is 5.69 Å². The molecule has 0 radical (unpaired) electrons. The number of benzene rings is 1. The molecule has 1 heterocycles. The summed E-state index contributed by atoms with van der Waals surface area (Å²) in [7, 11) is 0. The van der Waals surface area contributed by atoms with Crippen molar-refractivity contribution in [2.45, 2.75) is 20.4 Å². The number of halogens is 2. The number of hydrogen-bond acceptors (Lipinski definition) is 2. The van der Waals surface area contributed by atoms with E-state index in [0.29, 0.717) is 16.0 Å². The van der Waals surface area contributed by atoms with Crippen molar-refractivity contribution in [3.05, 3.63) is 58.3 Å². The molecule has 0 atom stereocenters. The lowest BCUT2D eigenvalue weighted by molar-refractivity contribution is 0.609. The van der Waals surface area contributed by atoms with Gasteiger partial charge < -0.3 is 4.90 Å². The average Bonchev–Trinajstić information content (AvgIpc) is 2.38. The number of nitrogens with zero attached hydrogens (tertiary/aromatic N) is 2. The highest BCUT2D eigenvalue weighted by Gasteiger charge is 2.13. The summed E-state index contributed by atoms with van der Waals surface area (Å²) in [6, 6.07) is 9.66. The molecule has 4 heteroatoms. The van der Waals surface area contributed by atoms with Crippen molar-refractivity contribution in [2.75, 3.05) is 11.4 Å². The van der Waals surface area contributed by atoms with Crippen LogP contribution >= 0.6 is 23.2 Å². The minimum Gasteiger partial charge on any atom is -0.366 e. The predicted molar refractivity (Wildman–Crippen MR) is 86.6 cm³/mol. The first-order valence-corrected chi connectivity index (χ1v) is 7.40.